The van der Waals surface area contributed by atoms with Gasteiger partial charge in [-0.05, 0) is 38.2 Å². The van der Waals surface area contributed by atoms with Crippen molar-refractivity contribution in [1.29, 1.82) is 5.26 Å². The van der Waals surface area contributed by atoms with Gasteiger partial charge in [-0.15, -0.1) is 11.3 Å². The molecule has 110 valence electrons. The smallest absolute Gasteiger partial charge is 0.330 e. The van der Waals surface area contributed by atoms with Gasteiger partial charge in [0.2, 0.25) is 0 Å². The second kappa shape index (κ2) is 7.04. The molecular weight excluding hydrogens is 288 g/mol. The first-order valence-corrected chi connectivity index (χ1v) is 7.61. The number of nitriles is 1. The summed E-state index contributed by atoms with van der Waals surface area (Å²) < 4.78 is 4.78. The van der Waals surface area contributed by atoms with Crippen molar-refractivity contribution in [3.63, 3.8) is 0 Å². The van der Waals surface area contributed by atoms with Gasteiger partial charge < -0.3 is 10.1 Å². The van der Waals surface area contributed by atoms with Crippen LogP contribution in [0.1, 0.15) is 35.8 Å². The van der Waals surface area contributed by atoms with Crippen molar-refractivity contribution in [3.05, 3.63) is 28.2 Å². The van der Waals surface area contributed by atoms with E-state index in [4.69, 9.17) is 4.74 Å². The number of nitrogens with zero attached hydrogens (tertiary/aromatic N) is 1. The minimum absolute atomic E-state index is 0.351. The first-order valence-electron chi connectivity index (χ1n) is 6.79. The number of esters is 1. The highest BCUT2D eigenvalue weighted by atomic mass is 32.1. The van der Waals surface area contributed by atoms with E-state index < -0.39 is 11.9 Å². The summed E-state index contributed by atoms with van der Waals surface area (Å²) in [4.78, 5) is 24.1. The Balaban J connectivity index is 2.03. The summed E-state index contributed by atoms with van der Waals surface area (Å²) in [5.74, 6) is -0.985. The lowest BCUT2D eigenvalue weighted by molar-refractivity contribution is -0.142. The molecule has 2 rings (SSSR count). The van der Waals surface area contributed by atoms with Crippen LogP contribution in [0.4, 0.5) is 5.00 Å². The van der Waals surface area contributed by atoms with Crippen molar-refractivity contribution in [1.82, 2.24) is 0 Å². The molecule has 1 aromatic rings. The Bertz CT molecular complexity index is 626. The number of anilines is 1. The molecule has 0 atom stereocenters. The summed E-state index contributed by atoms with van der Waals surface area (Å²) in [5.41, 5.74) is 1.62. The minimum atomic E-state index is -0.557. The average molecular weight is 304 g/mol. The third-order valence-corrected chi connectivity index (χ3v) is 4.39. The molecule has 6 heteroatoms. The summed E-state index contributed by atoms with van der Waals surface area (Å²) in [5, 5.41) is 12.5. The number of aryl methyl sites for hydroxylation is 1. The molecule has 0 saturated heterocycles. The molecule has 1 aliphatic rings. The molecule has 0 unspecified atom stereocenters. The van der Waals surface area contributed by atoms with Crippen LogP contribution in [0.25, 0.3) is 0 Å². The van der Waals surface area contributed by atoms with E-state index >= 15 is 0 Å². The maximum absolute atomic E-state index is 11.8. The van der Waals surface area contributed by atoms with E-state index in [2.05, 4.69) is 11.4 Å². The molecule has 0 aromatic carbocycles. The Morgan fingerprint density at radius 1 is 1.43 bits per heavy atom. The summed E-state index contributed by atoms with van der Waals surface area (Å²) in [7, 11) is 0. The molecular formula is C15H16N2O3S. The van der Waals surface area contributed by atoms with E-state index in [1.54, 1.807) is 13.0 Å². The van der Waals surface area contributed by atoms with Gasteiger partial charge in [-0.1, -0.05) is 6.08 Å². The number of fused-ring (bicyclic) bond motifs is 1. The fraction of sp³-hybridized carbons (Fsp3) is 0.400. The van der Waals surface area contributed by atoms with E-state index in [1.165, 1.54) is 22.3 Å². The van der Waals surface area contributed by atoms with Crippen molar-refractivity contribution >= 4 is 28.2 Å². The van der Waals surface area contributed by atoms with Crippen molar-refractivity contribution in [2.75, 3.05) is 11.9 Å². The van der Waals surface area contributed by atoms with Gasteiger partial charge in [-0.3, -0.25) is 4.79 Å². The number of hydrogen-bond donors (Lipinski definition) is 1. The van der Waals surface area contributed by atoms with Crippen LogP contribution in [0.15, 0.2) is 12.2 Å². The van der Waals surface area contributed by atoms with Gasteiger partial charge in [0.25, 0.3) is 5.91 Å². The molecule has 0 radical (unpaired) electrons. The predicted octanol–water partition coefficient (Wildman–Crippen LogP) is 2.56. The fourth-order valence-electron chi connectivity index (χ4n) is 2.26. The van der Waals surface area contributed by atoms with E-state index in [-0.39, 0.29) is 6.61 Å². The van der Waals surface area contributed by atoms with Crippen LogP contribution in [0, 0.1) is 11.3 Å². The highest BCUT2D eigenvalue weighted by molar-refractivity contribution is 7.16. The molecule has 1 aliphatic carbocycles. The van der Waals surface area contributed by atoms with Gasteiger partial charge in [0.1, 0.15) is 11.1 Å². The molecule has 0 spiro atoms. The van der Waals surface area contributed by atoms with Crippen molar-refractivity contribution in [2.45, 2.75) is 32.6 Å². The molecule has 1 N–H and O–H groups in total. The number of carbonyl (C=O) groups excluding carboxylic acids is 2. The second-order valence-electron chi connectivity index (χ2n) is 4.68. The molecule has 1 heterocycles. The predicted molar refractivity (Wildman–Crippen MR) is 80.1 cm³/mol. The number of hydrogen-bond acceptors (Lipinski definition) is 5. The normalized spacial score (nSPS) is 13.5. The summed E-state index contributed by atoms with van der Waals surface area (Å²) >= 11 is 1.45. The summed E-state index contributed by atoms with van der Waals surface area (Å²) in [6.07, 6.45) is 6.83. The highest BCUT2D eigenvalue weighted by Gasteiger charge is 2.21. The topological polar surface area (TPSA) is 79.2 Å². The lowest BCUT2D eigenvalue weighted by Crippen LogP contribution is -2.20. The molecule has 0 fully saturated rings. The maximum Gasteiger partial charge on any atom is 0.330 e. The first-order chi connectivity index (χ1) is 10.2. The third kappa shape index (κ3) is 3.70. The van der Waals surface area contributed by atoms with Crippen molar-refractivity contribution in [3.8, 4) is 6.07 Å². The molecule has 0 aliphatic heterocycles. The molecule has 5 nitrogen and oxygen atoms in total. The van der Waals surface area contributed by atoms with Crippen molar-refractivity contribution < 1.29 is 14.3 Å². The highest BCUT2D eigenvalue weighted by Crippen LogP contribution is 2.37. The number of allylic oxidation sites excluding steroid dienone is 1. The fourth-order valence-corrected chi connectivity index (χ4v) is 3.51. The Labute approximate surface area is 127 Å². The monoisotopic (exact) mass is 304 g/mol. The van der Waals surface area contributed by atoms with Crippen LogP contribution in [-0.2, 0) is 27.2 Å². The minimum Gasteiger partial charge on any atom is -0.452 e. The molecule has 1 amide bonds. The van der Waals surface area contributed by atoms with Gasteiger partial charge in [-0.2, -0.15) is 5.26 Å². The number of amides is 1. The number of ether oxygens (including phenoxy) is 1. The SMILES string of the molecule is C/C=C/C(=O)OCC(=O)Nc1sc2c(c1C#N)CCCC2. The standard InChI is InChI=1S/C15H16N2O3S/c1-2-5-14(19)20-9-13(18)17-15-11(8-16)10-6-3-4-7-12(10)21-15/h2,5H,3-4,6-7,9H2,1H3,(H,17,18)/b5-2+. The molecule has 0 bridgehead atoms. The molecule has 0 saturated carbocycles. The molecule has 1 aromatic heterocycles. The van der Waals surface area contributed by atoms with Gasteiger partial charge in [0, 0.05) is 11.0 Å². The lowest BCUT2D eigenvalue weighted by atomic mass is 9.96. The largest absolute Gasteiger partial charge is 0.452 e. The van der Waals surface area contributed by atoms with E-state index in [9.17, 15) is 14.9 Å². The van der Waals surface area contributed by atoms with Crippen LogP contribution in [0.2, 0.25) is 0 Å². The Hall–Kier alpha value is -2.13. The Morgan fingerprint density at radius 3 is 2.90 bits per heavy atom. The zero-order valence-electron chi connectivity index (χ0n) is 11.8. The van der Waals surface area contributed by atoms with Gasteiger partial charge in [0.15, 0.2) is 6.61 Å². The maximum atomic E-state index is 11.8. The number of carbonyl (C=O) groups is 2. The quantitative estimate of drug-likeness (QED) is 0.685. The second-order valence-corrected chi connectivity index (χ2v) is 5.79. The Morgan fingerprint density at radius 2 is 2.19 bits per heavy atom. The molecule has 21 heavy (non-hydrogen) atoms. The van der Waals surface area contributed by atoms with Gasteiger partial charge >= 0.3 is 5.97 Å². The van der Waals surface area contributed by atoms with Crippen LogP contribution < -0.4 is 5.32 Å². The summed E-state index contributed by atoms with van der Waals surface area (Å²) in [6.45, 7) is 1.34. The number of rotatable bonds is 4. The van der Waals surface area contributed by atoms with Crippen LogP contribution in [0.5, 0.6) is 0 Å². The van der Waals surface area contributed by atoms with E-state index in [0.717, 1.165) is 31.2 Å². The van der Waals surface area contributed by atoms with Crippen LogP contribution in [0.3, 0.4) is 0 Å². The van der Waals surface area contributed by atoms with E-state index in [0.29, 0.717) is 10.6 Å². The zero-order valence-corrected chi connectivity index (χ0v) is 12.6. The van der Waals surface area contributed by atoms with Crippen LogP contribution in [-0.4, -0.2) is 18.5 Å². The summed E-state index contributed by atoms with van der Waals surface area (Å²) in [6, 6.07) is 2.17. The lowest BCUT2D eigenvalue weighted by Gasteiger charge is -2.09. The number of nitrogens with one attached hydrogen (secondary N) is 1. The van der Waals surface area contributed by atoms with Gasteiger partial charge in [0.05, 0.1) is 5.56 Å². The third-order valence-electron chi connectivity index (χ3n) is 3.18. The van der Waals surface area contributed by atoms with E-state index in [1.807, 2.05) is 0 Å². The average Bonchev–Trinajstić information content (AvgIpc) is 2.82. The Kier molecular flexibility index (Phi) is 5.12. The van der Waals surface area contributed by atoms with Crippen LogP contribution >= 0.6 is 11.3 Å². The first kappa shape index (κ1) is 15.3. The van der Waals surface area contributed by atoms with Gasteiger partial charge in [-0.25, -0.2) is 4.79 Å². The van der Waals surface area contributed by atoms with Crippen molar-refractivity contribution in [2.24, 2.45) is 0 Å². The zero-order chi connectivity index (χ0) is 15.2. The number of thiophene rings is 1.